The summed E-state index contributed by atoms with van der Waals surface area (Å²) in [5, 5.41) is 3.43. The SMILES string of the molecule is CCC1(C(=O)N2CC(C)OC(C)(C)C2)CCCN1.Cl. The minimum atomic E-state index is -0.312. The molecule has 2 unspecified atom stereocenters. The number of morpholine rings is 1. The van der Waals surface area contributed by atoms with Gasteiger partial charge in [-0.3, -0.25) is 4.79 Å². The highest BCUT2D eigenvalue weighted by atomic mass is 35.5. The lowest BCUT2D eigenvalue weighted by Gasteiger charge is -2.44. The largest absolute Gasteiger partial charge is 0.369 e. The van der Waals surface area contributed by atoms with Crippen molar-refractivity contribution in [3.63, 3.8) is 0 Å². The zero-order valence-corrected chi connectivity index (χ0v) is 13.3. The van der Waals surface area contributed by atoms with Gasteiger partial charge in [-0.05, 0) is 46.6 Å². The first-order valence-electron chi connectivity index (χ1n) is 7.11. The van der Waals surface area contributed by atoms with E-state index in [0.717, 1.165) is 25.8 Å². The van der Waals surface area contributed by atoms with Gasteiger partial charge in [0.05, 0.1) is 17.2 Å². The number of nitrogens with one attached hydrogen (secondary N) is 1. The van der Waals surface area contributed by atoms with Crippen molar-refractivity contribution in [3.05, 3.63) is 0 Å². The van der Waals surface area contributed by atoms with E-state index in [1.807, 2.05) is 11.8 Å². The van der Waals surface area contributed by atoms with Crippen LogP contribution in [0.25, 0.3) is 0 Å². The van der Waals surface area contributed by atoms with E-state index >= 15 is 0 Å². The second-order valence-corrected chi connectivity index (χ2v) is 6.34. The fraction of sp³-hybridized carbons (Fsp3) is 0.929. The average Bonchev–Trinajstić information content (AvgIpc) is 2.75. The van der Waals surface area contributed by atoms with Crippen molar-refractivity contribution in [3.8, 4) is 0 Å². The van der Waals surface area contributed by atoms with E-state index in [0.29, 0.717) is 13.1 Å². The lowest BCUT2D eigenvalue weighted by molar-refractivity contribution is -0.163. The fourth-order valence-electron chi connectivity index (χ4n) is 3.35. The molecule has 2 aliphatic rings. The molecule has 2 fully saturated rings. The maximum Gasteiger partial charge on any atom is 0.243 e. The molecule has 2 heterocycles. The van der Waals surface area contributed by atoms with Gasteiger partial charge >= 0.3 is 0 Å². The third-order valence-electron chi connectivity index (χ3n) is 4.11. The van der Waals surface area contributed by atoms with E-state index in [-0.39, 0.29) is 35.6 Å². The number of hydrogen-bond donors (Lipinski definition) is 1. The van der Waals surface area contributed by atoms with Crippen LogP contribution in [0.1, 0.15) is 47.0 Å². The maximum absolute atomic E-state index is 12.8. The summed E-state index contributed by atoms with van der Waals surface area (Å²) in [5.74, 6) is 0.269. The Bertz CT molecular complexity index is 327. The fourth-order valence-corrected chi connectivity index (χ4v) is 3.35. The molecule has 0 saturated carbocycles. The third kappa shape index (κ3) is 3.41. The van der Waals surface area contributed by atoms with Gasteiger partial charge in [0.15, 0.2) is 0 Å². The van der Waals surface area contributed by atoms with Gasteiger partial charge in [-0.15, -0.1) is 12.4 Å². The topological polar surface area (TPSA) is 41.6 Å². The first-order valence-corrected chi connectivity index (χ1v) is 7.11. The summed E-state index contributed by atoms with van der Waals surface area (Å²) in [6.45, 7) is 10.6. The Labute approximate surface area is 122 Å². The Hall–Kier alpha value is -0.320. The van der Waals surface area contributed by atoms with Crippen molar-refractivity contribution in [2.45, 2.75) is 64.2 Å². The van der Waals surface area contributed by atoms with Crippen LogP contribution >= 0.6 is 12.4 Å². The molecule has 19 heavy (non-hydrogen) atoms. The van der Waals surface area contributed by atoms with Crippen molar-refractivity contribution in [1.82, 2.24) is 10.2 Å². The van der Waals surface area contributed by atoms with E-state index in [2.05, 4.69) is 26.1 Å². The molecule has 0 spiro atoms. The van der Waals surface area contributed by atoms with E-state index in [1.54, 1.807) is 0 Å². The highest BCUT2D eigenvalue weighted by Crippen LogP contribution is 2.29. The van der Waals surface area contributed by atoms with Gasteiger partial charge in [0, 0.05) is 13.1 Å². The predicted octanol–water partition coefficient (Wildman–Crippen LogP) is 1.97. The van der Waals surface area contributed by atoms with Gasteiger partial charge in [-0.25, -0.2) is 0 Å². The Kier molecular flexibility index (Phi) is 5.27. The zero-order valence-electron chi connectivity index (χ0n) is 12.5. The van der Waals surface area contributed by atoms with Gasteiger partial charge in [0.1, 0.15) is 0 Å². The molecule has 0 aromatic carbocycles. The number of amides is 1. The highest BCUT2D eigenvalue weighted by molar-refractivity contribution is 5.87. The van der Waals surface area contributed by atoms with Crippen LogP contribution in [0.2, 0.25) is 0 Å². The van der Waals surface area contributed by atoms with E-state index in [4.69, 9.17) is 4.74 Å². The normalized spacial score (nSPS) is 33.9. The van der Waals surface area contributed by atoms with E-state index < -0.39 is 0 Å². The quantitative estimate of drug-likeness (QED) is 0.845. The number of halogens is 1. The second-order valence-electron chi connectivity index (χ2n) is 6.34. The maximum atomic E-state index is 12.8. The number of ether oxygens (including phenoxy) is 1. The van der Waals surface area contributed by atoms with Gasteiger partial charge in [0.25, 0.3) is 0 Å². The minimum absolute atomic E-state index is 0. The van der Waals surface area contributed by atoms with Crippen molar-refractivity contribution < 1.29 is 9.53 Å². The lowest BCUT2D eigenvalue weighted by Crippen LogP contribution is -2.61. The molecule has 0 bridgehead atoms. The predicted molar refractivity (Wildman–Crippen MR) is 78.7 cm³/mol. The molecule has 4 nitrogen and oxygen atoms in total. The van der Waals surface area contributed by atoms with Crippen LogP contribution in [0, 0.1) is 0 Å². The Balaban J connectivity index is 0.00000180. The number of nitrogens with zero attached hydrogens (tertiary/aromatic N) is 1. The molecule has 0 aliphatic carbocycles. The second kappa shape index (κ2) is 5.98. The molecule has 2 aliphatic heterocycles. The summed E-state index contributed by atoms with van der Waals surface area (Å²) in [4.78, 5) is 14.8. The minimum Gasteiger partial charge on any atom is -0.369 e. The molecule has 0 aromatic rings. The van der Waals surface area contributed by atoms with E-state index in [1.165, 1.54) is 0 Å². The summed E-state index contributed by atoms with van der Waals surface area (Å²) < 4.78 is 5.87. The van der Waals surface area contributed by atoms with Crippen molar-refractivity contribution in [2.24, 2.45) is 0 Å². The molecule has 1 amide bonds. The van der Waals surface area contributed by atoms with E-state index in [9.17, 15) is 4.79 Å². The zero-order chi connectivity index (χ0) is 13.4. The first kappa shape index (κ1) is 16.7. The molecular formula is C14H27ClN2O2. The highest BCUT2D eigenvalue weighted by Gasteiger charge is 2.44. The molecule has 2 saturated heterocycles. The van der Waals surface area contributed by atoms with Crippen LogP contribution in [-0.2, 0) is 9.53 Å². The Morgan fingerprint density at radius 2 is 2.16 bits per heavy atom. The summed E-state index contributed by atoms with van der Waals surface area (Å²) in [5.41, 5.74) is -0.548. The van der Waals surface area contributed by atoms with Crippen molar-refractivity contribution >= 4 is 18.3 Å². The number of carbonyl (C=O) groups excluding carboxylic acids is 1. The molecule has 2 atom stereocenters. The number of hydrogen-bond acceptors (Lipinski definition) is 3. The van der Waals surface area contributed by atoms with Crippen LogP contribution in [-0.4, -0.2) is 47.7 Å². The summed E-state index contributed by atoms with van der Waals surface area (Å²) in [6.07, 6.45) is 3.06. The van der Waals surface area contributed by atoms with Gasteiger partial charge in [-0.1, -0.05) is 6.92 Å². The summed E-state index contributed by atoms with van der Waals surface area (Å²) in [6, 6.07) is 0. The van der Waals surface area contributed by atoms with Crippen molar-refractivity contribution in [1.29, 1.82) is 0 Å². The molecule has 5 heteroatoms. The summed E-state index contributed by atoms with van der Waals surface area (Å²) >= 11 is 0. The van der Waals surface area contributed by atoms with Gasteiger partial charge in [-0.2, -0.15) is 0 Å². The Morgan fingerprint density at radius 3 is 2.63 bits per heavy atom. The van der Waals surface area contributed by atoms with Gasteiger partial charge in [0.2, 0.25) is 5.91 Å². The van der Waals surface area contributed by atoms with Crippen molar-refractivity contribution in [2.75, 3.05) is 19.6 Å². The Morgan fingerprint density at radius 1 is 1.47 bits per heavy atom. The van der Waals surface area contributed by atoms with Gasteiger partial charge < -0.3 is 15.0 Å². The van der Waals surface area contributed by atoms with Crippen LogP contribution in [0.4, 0.5) is 0 Å². The monoisotopic (exact) mass is 290 g/mol. The van der Waals surface area contributed by atoms with Crippen LogP contribution in [0.5, 0.6) is 0 Å². The molecule has 0 aromatic heterocycles. The lowest BCUT2D eigenvalue weighted by atomic mass is 9.91. The smallest absolute Gasteiger partial charge is 0.243 e. The molecular weight excluding hydrogens is 264 g/mol. The third-order valence-corrected chi connectivity index (χ3v) is 4.11. The van der Waals surface area contributed by atoms with Crippen LogP contribution in [0.3, 0.4) is 0 Å². The van der Waals surface area contributed by atoms with Crippen LogP contribution in [0.15, 0.2) is 0 Å². The standard InChI is InChI=1S/C14H26N2O2.ClH/c1-5-14(7-6-8-15-14)12(17)16-9-11(2)18-13(3,4)10-16;/h11,15H,5-10H2,1-4H3;1H. The average molecular weight is 291 g/mol. The summed E-state index contributed by atoms with van der Waals surface area (Å²) in [7, 11) is 0. The van der Waals surface area contributed by atoms with Crippen LogP contribution < -0.4 is 5.32 Å². The number of carbonyl (C=O) groups is 1. The number of rotatable bonds is 2. The first-order chi connectivity index (χ1) is 8.38. The molecule has 112 valence electrons. The molecule has 1 N–H and O–H groups in total. The molecule has 2 rings (SSSR count). The molecule has 0 radical (unpaired) electrons.